The molecule has 1 heterocycles. The fourth-order valence-corrected chi connectivity index (χ4v) is 5.36. The molecule has 6 heteroatoms. The van der Waals surface area contributed by atoms with Gasteiger partial charge in [0.15, 0.2) is 9.84 Å². The van der Waals surface area contributed by atoms with Crippen LogP contribution >= 0.6 is 27.3 Å². The summed E-state index contributed by atoms with van der Waals surface area (Å²) < 4.78 is 25.5. The SMILES string of the molecule is Cc1ccc(N)cc1S(=O)(=O)Cc1sccc1Br. The van der Waals surface area contributed by atoms with Gasteiger partial charge in [0.25, 0.3) is 0 Å². The minimum absolute atomic E-state index is 0.00442. The molecule has 2 N–H and O–H groups in total. The Bertz CT molecular complexity index is 677. The maximum atomic E-state index is 12.4. The van der Waals surface area contributed by atoms with Gasteiger partial charge in [0, 0.05) is 15.0 Å². The van der Waals surface area contributed by atoms with Crippen LogP contribution in [0.15, 0.2) is 39.0 Å². The molecule has 2 rings (SSSR count). The first kappa shape index (κ1) is 13.6. The van der Waals surface area contributed by atoms with E-state index in [-0.39, 0.29) is 5.75 Å². The van der Waals surface area contributed by atoms with Crippen molar-refractivity contribution in [3.05, 3.63) is 44.6 Å². The zero-order valence-electron chi connectivity index (χ0n) is 9.68. The molecule has 0 saturated heterocycles. The zero-order chi connectivity index (χ0) is 13.3. The highest BCUT2D eigenvalue weighted by Crippen LogP contribution is 2.29. The molecule has 0 atom stereocenters. The standard InChI is InChI=1S/C12H12BrNO2S2/c1-8-2-3-9(14)6-12(8)18(15,16)7-11-10(13)4-5-17-11/h2-6H,7,14H2,1H3. The van der Waals surface area contributed by atoms with Crippen LogP contribution in [-0.2, 0) is 15.6 Å². The summed E-state index contributed by atoms with van der Waals surface area (Å²) in [5, 5.41) is 1.86. The first-order chi connectivity index (χ1) is 8.40. The van der Waals surface area contributed by atoms with Crippen LogP contribution in [0.3, 0.4) is 0 Å². The highest BCUT2D eigenvalue weighted by atomic mass is 79.9. The Morgan fingerprint density at radius 1 is 1.33 bits per heavy atom. The molecule has 18 heavy (non-hydrogen) atoms. The number of nitrogen functional groups attached to an aromatic ring is 1. The van der Waals surface area contributed by atoms with Crippen molar-refractivity contribution < 1.29 is 8.42 Å². The molecule has 2 aromatic rings. The van der Waals surface area contributed by atoms with Gasteiger partial charge in [-0.2, -0.15) is 0 Å². The molecule has 0 saturated carbocycles. The Labute approximate surface area is 119 Å². The van der Waals surface area contributed by atoms with Crippen molar-refractivity contribution in [1.29, 1.82) is 0 Å². The summed E-state index contributed by atoms with van der Waals surface area (Å²) in [5.41, 5.74) is 6.84. The first-order valence-corrected chi connectivity index (χ1v) is 8.53. The van der Waals surface area contributed by atoms with Crippen molar-refractivity contribution in [2.45, 2.75) is 17.6 Å². The maximum Gasteiger partial charge on any atom is 0.183 e. The molecular formula is C12H12BrNO2S2. The molecule has 3 nitrogen and oxygen atoms in total. The summed E-state index contributed by atoms with van der Waals surface area (Å²) in [6, 6.07) is 6.80. The number of halogens is 1. The Hall–Kier alpha value is -0.850. The van der Waals surface area contributed by atoms with E-state index in [2.05, 4.69) is 15.9 Å². The molecule has 0 amide bonds. The van der Waals surface area contributed by atoms with Crippen molar-refractivity contribution in [2.75, 3.05) is 5.73 Å². The van der Waals surface area contributed by atoms with Crippen LogP contribution in [0.4, 0.5) is 5.69 Å². The van der Waals surface area contributed by atoms with Gasteiger partial charge >= 0.3 is 0 Å². The average Bonchev–Trinajstić information content (AvgIpc) is 2.67. The number of thiophene rings is 1. The number of anilines is 1. The predicted molar refractivity (Wildman–Crippen MR) is 78.5 cm³/mol. The summed E-state index contributed by atoms with van der Waals surface area (Å²) in [6.45, 7) is 1.77. The van der Waals surface area contributed by atoms with Crippen LogP contribution in [0, 0.1) is 6.92 Å². The summed E-state index contributed by atoms with van der Waals surface area (Å²) in [6.07, 6.45) is 0. The molecular weight excluding hydrogens is 334 g/mol. The van der Waals surface area contributed by atoms with Crippen molar-refractivity contribution in [1.82, 2.24) is 0 Å². The van der Waals surface area contributed by atoms with Crippen molar-refractivity contribution in [3.8, 4) is 0 Å². The molecule has 0 bridgehead atoms. The Balaban J connectivity index is 2.43. The minimum atomic E-state index is -3.36. The van der Waals surface area contributed by atoms with Crippen LogP contribution < -0.4 is 5.73 Å². The summed E-state index contributed by atoms with van der Waals surface area (Å²) in [7, 11) is -3.36. The topological polar surface area (TPSA) is 60.2 Å². The summed E-state index contributed by atoms with van der Waals surface area (Å²) in [4.78, 5) is 1.11. The lowest BCUT2D eigenvalue weighted by Gasteiger charge is -2.08. The molecule has 0 aliphatic rings. The van der Waals surface area contributed by atoms with E-state index in [1.165, 1.54) is 17.4 Å². The number of benzene rings is 1. The molecule has 0 radical (unpaired) electrons. The van der Waals surface area contributed by atoms with Gasteiger partial charge in [-0.3, -0.25) is 0 Å². The monoisotopic (exact) mass is 345 g/mol. The third-order valence-electron chi connectivity index (χ3n) is 2.56. The Kier molecular flexibility index (Phi) is 3.79. The molecule has 0 aliphatic heterocycles. The second kappa shape index (κ2) is 5.03. The lowest BCUT2D eigenvalue weighted by molar-refractivity contribution is 0.595. The van der Waals surface area contributed by atoms with Gasteiger partial charge in [0.05, 0.1) is 10.6 Å². The van der Waals surface area contributed by atoms with E-state index >= 15 is 0 Å². The van der Waals surface area contributed by atoms with E-state index in [9.17, 15) is 8.42 Å². The van der Waals surface area contributed by atoms with Gasteiger partial charge in [0.1, 0.15) is 0 Å². The fourth-order valence-electron chi connectivity index (χ4n) is 1.63. The van der Waals surface area contributed by atoms with Crippen LogP contribution in [0.1, 0.15) is 10.4 Å². The average molecular weight is 346 g/mol. The Morgan fingerprint density at radius 2 is 2.06 bits per heavy atom. The number of sulfone groups is 1. The number of aryl methyl sites for hydroxylation is 1. The highest BCUT2D eigenvalue weighted by molar-refractivity contribution is 9.10. The van der Waals surface area contributed by atoms with Crippen LogP contribution in [0.5, 0.6) is 0 Å². The zero-order valence-corrected chi connectivity index (χ0v) is 12.9. The summed E-state index contributed by atoms with van der Waals surface area (Å²) in [5.74, 6) is -0.00442. The number of rotatable bonds is 3. The van der Waals surface area contributed by atoms with Gasteiger partial charge in [-0.25, -0.2) is 8.42 Å². The van der Waals surface area contributed by atoms with E-state index in [4.69, 9.17) is 5.73 Å². The first-order valence-electron chi connectivity index (χ1n) is 5.21. The number of hydrogen-bond donors (Lipinski definition) is 1. The fraction of sp³-hybridized carbons (Fsp3) is 0.167. The quantitative estimate of drug-likeness (QED) is 0.867. The summed E-state index contributed by atoms with van der Waals surface area (Å²) >= 11 is 4.77. The molecule has 1 aromatic heterocycles. The predicted octanol–water partition coefficient (Wildman–Crippen LogP) is 3.38. The maximum absolute atomic E-state index is 12.4. The number of nitrogens with two attached hydrogens (primary N) is 1. The van der Waals surface area contributed by atoms with Gasteiger partial charge in [-0.15, -0.1) is 11.3 Å². The lowest BCUT2D eigenvalue weighted by atomic mass is 10.2. The van der Waals surface area contributed by atoms with Crippen LogP contribution in [0.2, 0.25) is 0 Å². The minimum Gasteiger partial charge on any atom is -0.399 e. The van der Waals surface area contributed by atoms with E-state index in [1.54, 1.807) is 19.1 Å². The third kappa shape index (κ3) is 2.76. The second-order valence-corrected chi connectivity index (χ2v) is 7.79. The van der Waals surface area contributed by atoms with Crippen LogP contribution in [-0.4, -0.2) is 8.42 Å². The smallest absolute Gasteiger partial charge is 0.183 e. The lowest BCUT2D eigenvalue weighted by Crippen LogP contribution is -2.07. The number of hydrogen-bond acceptors (Lipinski definition) is 4. The van der Waals surface area contributed by atoms with Crippen molar-refractivity contribution in [3.63, 3.8) is 0 Å². The second-order valence-electron chi connectivity index (χ2n) is 3.98. The molecule has 96 valence electrons. The van der Waals surface area contributed by atoms with Crippen molar-refractivity contribution in [2.24, 2.45) is 0 Å². The van der Waals surface area contributed by atoms with E-state index in [0.717, 1.165) is 14.9 Å². The molecule has 0 aliphatic carbocycles. The largest absolute Gasteiger partial charge is 0.399 e. The third-order valence-corrected chi connectivity index (χ3v) is 6.45. The van der Waals surface area contributed by atoms with Gasteiger partial charge in [-0.1, -0.05) is 6.07 Å². The van der Waals surface area contributed by atoms with Gasteiger partial charge < -0.3 is 5.73 Å². The highest BCUT2D eigenvalue weighted by Gasteiger charge is 2.20. The molecule has 1 aromatic carbocycles. The van der Waals surface area contributed by atoms with Gasteiger partial charge in [0.2, 0.25) is 0 Å². The van der Waals surface area contributed by atoms with E-state index in [0.29, 0.717) is 10.6 Å². The van der Waals surface area contributed by atoms with E-state index in [1.807, 2.05) is 11.4 Å². The molecule has 0 spiro atoms. The van der Waals surface area contributed by atoms with Crippen molar-refractivity contribution >= 4 is 42.8 Å². The van der Waals surface area contributed by atoms with Gasteiger partial charge in [-0.05, 0) is 52.0 Å². The molecule has 0 fully saturated rings. The Morgan fingerprint density at radius 3 is 2.67 bits per heavy atom. The van der Waals surface area contributed by atoms with Crippen LogP contribution in [0.25, 0.3) is 0 Å². The molecule has 0 unspecified atom stereocenters. The van der Waals surface area contributed by atoms with E-state index < -0.39 is 9.84 Å². The normalized spacial score (nSPS) is 11.7.